The molecule has 0 radical (unpaired) electrons. The Kier molecular flexibility index (Phi) is 4.91. The molecule has 17 heavy (non-hydrogen) atoms. The maximum Gasteiger partial charge on any atom is 1.00 e. The molecule has 84 valence electrons. The minimum atomic E-state index is -4.50. The Bertz CT molecular complexity index is 499. The summed E-state index contributed by atoms with van der Waals surface area (Å²) in [6, 6.07) is 4.32. The van der Waals surface area contributed by atoms with Gasteiger partial charge in [0.1, 0.15) is 5.69 Å². The molecule has 0 bridgehead atoms. The van der Waals surface area contributed by atoms with Crippen LogP contribution in [0.5, 0.6) is 0 Å². The molecule has 0 amide bonds. The van der Waals surface area contributed by atoms with Gasteiger partial charge in [-0.05, 0) is 17.5 Å². The predicted molar refractivity (Wildman–Crippen MR) is 56.0 cm³/mol. The second-order valence-electron chi connectivity index (χ2n) is 2.90. The zero-order chi connectivity index (χ0) is 11.8. The molecule has 0 unspecified atom stereocenters. The fraction of sp³-hybridized carbons (Fsp3) is 0.111. The molecule has 2 heterocycles. The minimum Gasteiger partial charge on any atom is -0.740 e. The summed E-state index contributed by atoms with van der Waals surface area (Å²) < 4.78 is 37.4. The van der Waals surface area contributed by atoms with E-state index in [2.05, 4.69) is 22.6 Å². The quantitative estimate of drug-likeness (QED) is 0.423. The van der Waals surface area contributed by atoms with E-state index < -0.39 is 11.9 Å². The Morgan fingerprint density at radius 1 is 1.24 bits per heavy atom. The topological polar surface area (TPSA) is 25.8 Å². The second-order valence-corrected chi connectivity index (χ2v) is 4.21. The van der Waals surface area contributed by atoms with E-state index >= 15 is 0 Å². The van der Waals surface area contributed by atoms with Crippen molar-refractivity contribution in [3.8, 4) is 10.6 Å². The number of thiophene rings is 1. The van der Waals surface area contributed by atoms with E-state index in [1.54, 1.807) is 17.5 Å². The van der Waals surface area contributed by atoms with Gasteiger partial charge in [-0.25, -0.2) is 0 Å². The van der Waals surface area contributed by atoms with Crippen molar-refractivity contribution in [1.82, 2.24) is 9.97 Å². The number of alkyl halides is 3. The van der Waals surface area contributed by atoms with Crippen molar-refractivity contribution in [2.24, 2.45) is 0 Å². The Hall–Kier alpha value is -0.210. The largest absolute Gasteiger partial charge is 1.00 e. The van der Waals surface area contributed by atoms with Gasteiger partial charge in [0.05, 0.1) is 10.6 Å². The van der Waals surface area contributed by atoms with Gasteiger partial charge in [-0.15, -0.1) is 11.3 Å². The van der Waals surface area contributed by atoms with Crippen LogP contribution in [-0.4, -0.2) is 9.97 Å². The third kappa shape index (κ3) is 3.62. The third-order valence-corrected chi connectivity index (χ3v) is 2.84. The van der Waals surface area contributed by atoms with E-state index in [0.717, 1.165) is 6.07 Å². The maximum absolute atomic E-state index is 12.5. The first kappa shape index (κ1) is 14.8. The molecule has 8 heteroatoms. The molecule has 0 aliphatic heterocycles. The Balaban J connectivity index is 0.00000144. The van der Waals surface area contributed by atoms with Crippen molar-refractivity contribution < 1.29 is 42.7 Å². The van der Waals surface area contributed by atoms with Crippen LogP contribution in [0.4, 0.5) is 13.2 Å². The molecule has 0 aliphatic carbocycles. The molecule has 0 aliphatic rings. The first-order valence-electron chi connectivity index (χ1n) is 4.14. The van der Waals surface area contributed by atoms with E-state index in [1.807, 2.05) is 0 Å². The average Bonchev–Trinajstić information content (AvgIpc) is 2.68. The normalized spacial score (nSPS) is 11.0. The van der Waals surface area contributed by atoms with Gasteiger partial charge in [0.2, 0.25) is 0 Å². The summed E-state index contributed by atoms with van der Waals surface area (Å²) in [5.74, 6) is 0. The first-order chi connectivity index (χ1) is 7.47. The van der Waals surface area contributed by atoms with Gasteiger partial charge in [0.15, 0.2) is 0 Å². The van der Waals surface area contributed by atoms with Gasteiger partial charge < -0.3 is 12.6 Å². The number of aromatic nitrogens is 2. The van der Waals surface area contributed by atoms with Crippen molar-refractivity contribution >= 4 is 24.0 Å². The molecule has 2 rings (SSSR count). The summed E-state index contributed by atoms with van der Waals surface area (Å²) in [6.07, 6.45) is -4.50. The van der Waals surface area contributed by atoms with Crippen molar-refractivity contribution in [1.29, 1.82) is 0 Å². The van der Waals surface area contributed by atoms with Crippen LogP contribution in [0.3, 0.4) is 0 Å². The second kappa shape index (κ2) is 5.62. The van der Waals surface area contributed by atoms with Gasteiger partial charge in [-0.1, -0.05) is 6.07 Å². The summed E-state index contributed by atoms with van der Waals surface area (Å²) in [5.41, 5.74) is -0.793. The van der Waals surface area contributed by atoms with Crippen LogP contribution < -0.4 is 29.6 Å². The van der Waals surface area contributed by atoms with Crippen LogP contribution >= 0.6 is 11.3 Å². The molecule has 0 spiro atoms. The Morgan fingerprint density at radius 2 is 1.94 bits per heavy atom. The van der Waals surface area contributed by atoms with E-state index in [1.165, 1.54) is 11.3 Å². The molecule has 2 aromatic rings. The fourth-order valence-corrected chi connectivity index (χ4v) is 2.00. The standard InChI is InChI=1S/C9H5F3N2S2.Na/c10-9(11,12)7-4-5(13-8(15)14-7)6-2-1-3-16-6;/h1-4H,(H,13,14,15);/q;+1/p-1. The molecule has 0 saturated carbocycles. The minimum absolute atomic E-state index is 0. The van der Waals surface area contributed by atoms with Gasteiger partial charge in [0, 0.05) is 5.16 Å². The third-order valence-electron chi connectivity index (χ3n) is 1.77. The summed E-state index contributed by atoms with van der Waals surface area (Å²) in [7, 11) is 0. The molecule has 0 N–H and O–H groups in total. The van der Waals surface area contributed by atoms with E-state index in [4.69, 9.17) is 0 Å². The number of nitrogens with zero attached hydrogens (tertiary/aromatic N) is 2. The van der Waals surface area contributed by atoms with E-state index in [-0.39, 0.29) is 40.4 Å². The first-order valence-corrected chi connectivity index (χ1v) is 5.43. The van der Waals surface area contributed by atoms with Crippen molar-refractivity contribution in [2.75, 3.05) is 0 Å². The van der Waals surface area contributed by atoms with E-state index in [0.29, 0.717) is 4.88 Å². The molecule has 0 atom stereocenters. The van der Waals surface area contributed by atoms with Crippen LogP contribution in [0.2, 0.25) is 0 Å². The zero-order valence-corrected chi connectivity index (χ0v) is 12.3. The van der Waals surface area contributed by atoms with Crippen LogP contribution in [0.1, 0.15) is 5.69 Å². The van der Waals surface area contributed by atoms with E-state index in [9.17, 15) is 13.2 Å². The monoisotopic (exact) mass is 284 g/mol. The fourth-order valence-electron chi connectivity index (χ4n) is 1.12. The smallest absolute Gasteiger partial charge is 0.740 e. The van der Waals surface area contributed by atoms with Crippen LogP contribution in [0.15, 0.2) is 28.7 Å². The number of hydrogen-bond donors (Lipinski definition) is 0. The van der Waals surface area contributed by atoms with Crippen molar-refractivity contribution in [3.05, 3.63) is 29.3 Å². The number of rotatable bonds is 1. The number of halogens is 3. The van der Waals surface area contributed by atoms with Gasteiger partial charge >= 0.3 is 35.7 Å². The summed E-state index contributed by atoms with van der Waals surface area (Å²) in [5, 5.41) is 1.46. The molecule has 2 nitrogen and oxygen atoms in total. The van der Waals surface area contributed by atoms with Gasteiger partial charge in [0.25, 0.3) is 0 Å². The van der Waals surface area contributed by atoms with Crippen LogP contribution in [0.25, 0.3) is 10.6 Å². The zero-order valence-electron chi connectivity index (χ0n) is 8.65. The number of hydrogen-bond acceptors (Lipinski definition) is 4. The van der Waals surface area contributed by atoms with Crippen molar-refractivity contribution in [2.45, 2.75) is 11.3 Å². The molecular formula is C9H4F3N2NaS2. The summed E-state index contributed by atoms with van der Waals surface area (Å²) in [6.45, 7) is 0. The predicted octanol–water partition coefficient (Wildman–Crippen LogP) is 0.134. The molecular weight excluding hydrogens is 280 g/mol. The van der Waals surface area contributed by atoms with Crippen LogP contribution in [-0.2, 0) is 18.8 Å². The molecule has 2 aromatic heterocycles. The SMILES string of the molecule is FC(F)(F)c1cc(-c2cccs2)nc([S-])n1.[Na+]. The molecule has 0 aromatic carbocycles. The Morgan fingerprint density at radius 3 is 2.47 bits per heavy atom. The Labute approximate surface area is 127 Å². The average molecular weight is 284 g/mol. The van der Waals surface area contributed by atoms with Gasteiger partial charge in [-0.2, -0.15) is 13.2 Å². The van der Waals surface area contributed by atoms with Crippen molar-refractivity contribution in [3.63, 3.8) is 0 Å². The van der Waals surface area contributed by atoms with Crippen LogP contribution in [0, 0.1) is 0 Å². The summed E-state index contributed by atoms with van der Waals surface area (Å²) >= 11 is 5.91. The molecule has 0 fully saturated rings. The maximum atomic E-state index is 12.5. The molecule has 0 saturated heterocycles. The van der Waals surface area contributed by atoms with Gasteiger partial charge in [-0.3, -0.25) is 9.97 Å². The summed E-state index contributed by atoms with van der Waals surface area (Å²) in [4.78, 5) is 7.64.